The molecule has 0 heterocycles. The molecule has 2 rings (SSSR count). The van der Waals surface area contributed by atoms with Gasteiger partial charge < -0.3 is 4.74 Å². The van der Waals surface area contributed by atoms with Crippen LogP contribution in [0.15, 0.2) is 36.4 Å². The predicted molar refractivity (Wildman–Crippen MR) is 67.8 cm³/mol. The number of methoxy groups -OCH3 is 1. The molecule has 2 aromatic carbocycles. The summed E-state index contributed by atoms with van der Waals surface area (Å²) < 4.78 is 30.9. The van der Waals surface area contributed by atoms with Crippen LogP contribution in [-0.2, 0) is 0 Å². The predicted octanol–water partition coefficient (Wildman–Crippen LogP) is 3.86. The van der Waals surface area contributed by atoms with E-state index in [1.165, 1.54) is 31.4 Å². The van der Waals surface area contributed by atoms with Crippen molar-refractivity contribution < 1.29 is 18.3 Å². The van der Waals surface area contributed by atoms with Gasteiger partial charge >= 0.3 is 0 Å². The maximum absolute atomic E-state index is 13.1. The van der Waals surface area contributed by atoms with Crippen LogP contribution < -0.4 is 4.74 Å². The molecule has 0 atom stereocenters. The Bertz CT molecular complexity index is 641. The number of hydrogen-bond acceptors (Lipinski definition) is 2. The molecule has 0 unspecified atom stereocenters. The maximum Gasteiger partial charge on any atom is 0.193 e. The molecule has 0 aliphatic carbocycles. The fourth-order valence-corrected chi connectivity index (χ4v) is 1.80. The van der Waals surface area contributed by atoms with Gasteiger partial charge in [0, 0.05) is 11.1 Å². The van der Waals surface area contributed by atoms with E-state index >= 15 is 0 Å². The van der Waals surface area contributed by atoms with Gasteiger partial charge in [0.25, 0.3) is 0 Å². The van der Waals surface area contributed by atoms with Crippen molar-refractivity contribution in [2.24, 2.45) is 0 Å². The highest BCUT2D eigenvalue weighted by molar-refractivity contribution is 6.32. The Morgan fingerprint density at radius 3 is 2.32 bits per heavy atom. The second-order valence-electron chi connectivity index (χ2n) is 3.81. The molecule has 2 nitrogen and oxygen atoms in total. The van der Waals surface area contributed by atoms with E-state index in [0.717, 1.165) is 12.1 Å². The highest BCUT2D eigenvalue weighted by Gasteiger charge is 2.13. The van der Waals surface area contributed by atoms with Gasteiger partial charge in [-0.1, -0.05) is 11.6 Å². The Hall–Kier alpha value is -1.94. The largest absolute Gasteiger partial charge is 0.495 e. The molecular weight excluding hydrogens is 274 g/mol. The van der Waals surface area contributed by atoms with Gasteiger partial charge in [0.1, 0.15) is 5.75 Å². The van der Waals surface area contributed by atoms with Crippen LogP contribution in [0.25, 0.3) is 0 Å². The van der Waals surface area contributed by atoms with Crippen molar-refractivity contribution in [3.05, 3.63) is 64.2 Å². The topological polar surface area (TPSA) is 26.3 Å². The van der Waals surface area contributed by atoms with Crippen LogP contribution in [0.4, 0.5) is 8.78 Å². The number of benzene rings is 2. The minimum Gasteiger partial charge on any atom is -0.495 e. The number of hydrogen-bond donors (Lipinski definition) is 0. The number of ether oxygens (including phenoxy) is 1. The third kappa shape index (κ3) is 2.74. The summed E-state index contributed by atoms with van der Waals surface area (Å²) in [5.74, 6) is -2.15. The number of carbonyl (C=O) groups excluding carboxylic acids is 1. The quantitative estimate of drug-likeness (QED) is 0.799. The van der Waals surface area contributed by atoms with E-state index in [4.69, 9.17) is 16.3 Å². The van der Waals surface area contributed by atoms with E-state index < -0.39 is 17.4 Å². The maximum atomic E-state index is 13.1. The van der Waals surface area contributed by atoms with Crippen LogP contribution in [0, 0.1) is 11.6 Å². The van der Waals surface area contributed by atoms with Crippen molar-refractivity contribution in [2.75, 3.05) is 7.11 Å². The summed E-state index contributed by atoms with van der Waals surface area (Å²) >= 11 is 5.85. The normalized spacial score (nSPS) is 10.3. The van der Waals surface area contributed by atoms with E-state index in [9.17, 15) is 13.6 Å². The molecule has 0 aromatic heterocycles. The van der Waals surface area contributed by atoms with Gasteiger partial charge in [-0.05, 0) is 36.4 Å². The molecule has 0 spiro atoms. The van der Waals surface area contributed by atoms with Gasteiger partial charge in [0.15, 0.2) is 17.4 Å². The zero-order valence-electron chi connectivity index (χ0n) is 9.91. The van der Waals surface area contributed by atoms with E-state index in [1.54, 1.807) is 0 Å². The first-order valence-electron chi connectivity index (χ1n) is 5.36. The van der Waals surface area contributed by atoms with Crippen molar-refractivity contribution in [2.45, 2.75) is 0 Å². The average Bonchev–Trinajstić information content (AvgIpc) is 2.41. The summed E-state index contributed by atoms with van der Waals surface area (Å²) in [6, 6.07) is 7.45. The van der Waals surface area contributed by atoms with E-state index in [2.05, 4.69) is 0 Å². The Morgan fingerprint density at radius 2 is 1.68 bits per heavy atom. The minimum absolute atomic E-state index is 0.0586. The molecular formula is C14H9ClF2O2. The van der Waals surface area contributed by atoms with Crippen molar-refractivity contribution >= 4 is 17.4 Å². The molecule has 0 bridgehead atoms. The van der Waals surface area contributed by atoms with Gasteiger partial charge in [0.2, 0.25) is 0 Å². The molecule has 0 amide bonds. The first kappa shape index (κ1) is 13.5. The van der Waals surface area contributed by atoms with Gasteiger partial charge in [-0.3, -0.25) is 4.79 Å². The second kappa shape index (κ2) is 5.36. The fourth-order valence-electron chi connectivity index (χ4n) is 1.61. The Balaban J connectivity index is 2.41. The zero-order chi connectivity index (χ0) is 14.0. The van der Waals surface area contributed by atoms with Crippen LogP contribution in [-0.4, -0.2) is 12.9 Å². The summed E-state index contributed by atoms with van der Waals surface area (Å²) in [5.41, 5.74) is 0.343. The van der Waals surface area contributed by atoms with Crippen LogP contribution in [0.5, 0.6) is 5.75 Å². The Kier molecular flexibility index (Phi) is 3.81. The molecule has 0 aliphatic heterocycles. The van der Waals surface area contributed by atoms with Gasteiger partial charge in [0.05, 0.1) is 12.1 Å². The van der Waals surface area contributed by atoms with Gasteiger partial charge in [-0.25, -0.2) is 8.78 Å². The lowest BCUT2D eigenvalue weighted by atomic mass is 10.0. The average molecular weight is 283 g/mol. The van der Waals surface area contributed by atoms with Crippen LogP contribution in [0.3, 0.4) is 0 Å². The molecule has 0 radical (unpaired) electrons. The second-order valence-corrected chi connectivity index (χ2v) is 4.21. The first-order valence-corrected chi connectivity index (χ1v) is 5.74. The van der Waals surface area contributed by atoms with Crippen LogP contribution in [0.1, 0.15) is 15.9 Å². The minimum atomic E-state index is -1.06. The molecule has 2 aromatic rings. The third-order valence-electron chi connectivity index (χ3n) is 2.60. The van der Waals surface area contributed by atoms with E-state index in [0.29, 0.717) is 10.8 Å². The molecule has 19 heavy (non-hydrogen) atoms. The van der Waals surface area contributed by atoms with Crippen LogP contribution in [0.2, 0.25) is 5.02 Å². The van der Waals surface area contributed by atoms with Gasteiger partial charge in [-0.2, -0.15) is 0 Å². The van der Waals surface area contributed by atoms with Crippen molar-refractivity contribution in [1.82, 2.24) is 0 Å². The molecule has 0 N–H and O–H groups in total. The highest BCUT2D eigenvalue weighted by Crippen LogP contribution is 2.26. The molecule has 0 aliphatic rings. The number of carbonyl (C=O) groups is 1. The van der Waals surface area contributed by atoms with Gasteiger partial charge in [-0.15, -0.1) is 0 Å². The molecule has 0 saturated heterocycles. The van der Waals surface area contributed by atoms with Crippen molar-refractivity contribution in [1.29, 1.82) is 0 Å². The number of halogens is 3. The third-order valence-corrected chi connectivity index (χ3v) is 2.91. The first-order chi connectivity index (χ1) is 9.02. The zero-order valence-corrected chi connectivity index (χ0v) is 10.7. The monoisotopic (exact) mass is 282 g/mol. The number of ketones is 1. The molecule has 0 fully saturated rings. The summed E-state index contributed by atoms with van der Waals surface area (Å²) in [5, 5.41) is 0.365. The Morgan fingerprint density at radius 1 is 1.05 bits per heavy atom. The van der Waals surface area contributed by atoms with Crippen LogP contribution >= 0.6 is 11.6 Å². The molecule has 5 heteroatoms. The lowest BCUT2D eigenvalue weighted by Crippen LogP contribution is -2.03. The van der Waals surface area contributed by atoms with E-state index in [1.807, 2.05) is 0 Å². The standard InChI is InChI=1S/C14H9ClF2O2/c1-19-13-7-9(2-4-10(13)15)14(18)8-3-5-11(16)12(17)6-8/h2-7H,1H3. The van der Waals surface area contributed by atoms with E-state index in [-0.39, 0.29) is 11.1 Å². The van der Waals surface area contributed by atoms with Crippen molar-refractivity contribution in [3.8, 4) is 5.75 Å². The lowest BCUT2D eigenvalue weighted by Gasteiger charge is -2.06. The summed E-state index contributed by atoms with van der Waals surface area (Å²) in [4.78, 5) is 12.1. The smallest absolute Gasteiger partial charge is 0.193 e. The molecule has 98 valence electrons. The number of rotatable bonds is 3. The SMILES string of the molecule is COc1cc(C(=O)c2ccc(F)c(F)c2)ccc1Cl. The summed E-state index contributed by atoms with van der Waals surface area (Å²) in [6.45, 7) is 0. The Labute approximate surface area is 113 Å². The molecule has 0 saturated carbocycles. The highest BCUT2D eigenvalue weighted by atomic mass is 35.5. The van der Waals surface area contributed by atoms with Crippen molar-refractivity contribution in [3.63, 3.8) is 0 Å². The fraction of sp³-hybridized carbons (Fsp3) is 0.0714. The summed E-state index contributed by atoms with van der Waals surface area (Å²) in [7, 11) is 1.42. The summed E-state index contributed by atoms with van der Waals surface area (Å²) in [6.07, 6.45) is 0. The lowest BCUT2D eigenvalue weighted by molar-refractivity contribution is 0.103.